The molecule has 0 saturated carbocycles. The highest BCUT2D eigenvalue weighted by Crippen LogP contribution is 2.27. The lowest BCUT2D eigenvalue weighted by Gasteiger charge is -2.34. The van der Waals surface area contributed by atoms with Crippen LogP contribution in [0.3, 0.4) is 0 Å². The molecule has 1 N–H and O–H groups in total. The molecule has 1 aromatic carbocycles. The summed E-state index contributed by atoms with van der Waals surface area (Å²) in [5.74, 6) is 0.00954. The molecule has 11 heteroatoms. The fourth-order valence-corrected chi connectivity index (χ4v) is 5.19. The average Bonchev–Trinajstić information content (AvgIpc) is 3.24. The van der Waals surface area contributed by atoms with Crippen LogP contribution in [0.5, 0.6) is 0 Å². The van der Waals surface area contributed by atoms with Gasteiger partial charge in [0.1, 0.15) is 5.25 Å². The maximum atomic E-state index is 13.1. The molecule has 2 aliphatic heterocycles. The van der Waals surface area contributed by atoms with Gasteiger partial charge in [-0.25, -0.2) is 9.97 Å². The van der Waals surface area contributed by atoms with Gasteiger partial charge >= 0.3 is 0 Å². The van der Waals surface area contributed by atoms with E-state index in [9.17, 15) is 14.4 Å². The van der Waals surface area contributed by atoms with E-state index < -0.39 is 5.25 Å². The van der Waals surface area contributed by atoms with Crippen molar-refractivity contribution < 1.29 is 14.4 Å². The van der Waals surface area contributed by atoms with Gasteiger partial charge in [-0.3, -0.25) is 14.4 Å². The monoisotopic (exact) mass is 495 g/mol. The Morgan fingerprint density at radius 1 is 1.09 bits per heavy atom. The van der Waals surface area contributed by atoms with Crippen molar-refractivity contribution in [3.63, 3.8) is 0 Å². The fourth-order valence-electron chi connectivity index (χ4n) is 4.00. The van der Waals surface area contributed by atoms with Crippen LogP contribution in [0, 0.1) is 0 Å². The lowest BCUT2D eigenvalue weighted by molar-refractivity contribution is -0.121. The second-order valence-corrected chi connectivity index (χ2v) is 9.34. The maximum absolute atomic E-state index is 13.1. The summed E-state index contributed by atoms with van der Waals surface area (Å²) >= 11 is 1.33. The molecule has 1 saturated heterocycles. The Morgan fingerprint density at radius 3 is 2.49 bits per heavy atom. The molecular formula is C24H29N7O3S. The van der Waals surface area contributed by atoms with Gasteiger partial charge in [0.2, 0.25) is 11.9 Å². The van der Waals surface area contributed by atoms with Crippen molar-refractivity contribution in [2.45, 2.75) is 25.5 Å². The number of nitrogens with one attached hydrogen (secondary N) is 1. The Morgan fingerprint density at radius 2 is 1.80 bits per heavy atom. The summed E-state index contributed by atoms with van der Waals surface area (Å²) in [4.78, 5) is 56.5. The highest BCUT2D eigenvalue weighted by Gasteiger charge is 2.32. The highest BCUT2D eigenvalue weighted by atomic mass is 32.2. The summed E-state index contributed by atoms with van der Waals surface area (Å²) in [5, 5.41) is 2.97. The first-order valence-electron chi connectivity index (χ1n) is 11.7. The first-order chi connectivity index (χ1) is 17.0. The van der Waals surface area contributed by atoms with Gasteiger partial charge in [0.25, 0.3) is 11.8 Å². The maximum Gasteiger partial charge on any atom is 0.262 e. The number of nitrogens with zero attached hydrogens (tertiary/aromatic N) is 6. The number of aromatic nitrogens is 2. The van der Waals surface area contributed by atoms with Crippen molar-refractivity contribution in [3.8, 4) is 0 Å². The second-order valence-electron chi connectivity index (χ2n) is 8.17. The number of rotatable bonds is 7. The number of carbonyl (C=O) groups excluding carboxylic acids is 3. The van der Waals surface area contributed by atoms with Crippen molar-refractivity contribution in [1.29, 1.82) is 0 Å². The summed E-state index contributed by atoms with van der Waals surface area (Å²) < 4.78 is 0. The van der Waals surface area contributed by atoms with E-state index >= 15 is 0 Å². The van der Waals surface area contributed by atoms with Crippen LogP contribution in [0.15, 0.2) is 47.7 Å². The molecule has 2 aromatic rings. The molecule has 0 spiro atoms. The number of anilines is 2. The zero-order valence-corrected chi connectivity index (χ0v) is 20.7. The van der Waals surface area contributed by atoms with E-state index in [2.05, 4.69) is 25.2 Å². The molecule has 0 unspecified atom stereocenters. The van der Waals surface area contributed by atoms with Gasteiger partial charge in [0.05, 0.1) is 0 Å². The lowest BCUT2D eigenvalue weighted by atomic mass is 10.1. The molecule has 0 bridgehead atoms. The average molecular weight is 496 g/mol. The number of carbonyl (C=O) groups is 3. The molecule has 3 heterocycles. The van der Waals surface area contributed by atoms with E-state index in [1.165, 1.54) is 11.8 Å². The first-order valence-corrected chi connectivity index (χ1v) is 12.6. The number of piperazine rings is 1. The SMILES string of the molecule is CCN(CC)C1=NC(=O)[C@H](CC(=O)Nc2cccc(C(=O)N3CCN(c4ncccn4)CC3)c2)S1. The van der Waals surface area contributed by atoms with Gasteiger partial charge in [0.15, 0.2) is 5.17 Å². The van der Waals surface area contributed by atoms with E-state index in [1.807, 2.05) is 18.7 Å². The molecule has 1 aromatic heterocycles. The lowest BCUT2D eigenvalue weighted by Crippen LogP contribution is -2.49. The second kappa shape index (κ2) is 11.3. The van der Waals surface area contributed by atoms with E-state index in [1.54, 1.807) is 47.6 Å². The Balaban J connectivity index is 1.31. The van der Waals surface area contributed by atoms with Crippen LogP contribution in [0.25, 0.3) is 0 Å². The summed E-state index contributed by atoms with van der Waals surface area (Å²) in [6.45, 7) is 7.93. The van der Waals surface area contributed by atoms with Gasteiger partial charge in [0, 0.05) is 69.3 Å². The largest absolute Gasteiger partial charge is 0.352 e. The quantitative estimate of drug-likeness (QED) is 0.622. The minimum absolute atomic E-state index is 0.0272. The smallest absolute Gasteiger partial charge is 0.262 e. The van der Waals surface area contributed by atoms with Crippen molar-refractivity contribution in [1.82, 2.24) is 19.8 Å². The topological polar surface area (TPSA) is 111 Å². The van der Waals surface area contributed by atoms with E-state index in [0.717, 1.165) is 13.1 Å². The van der Waals surface area contributed by atoms with Crippen LogP contribution >= 0.6 is 11.8 Å². The third-order valence-electron chi connectivity index (χ3n) is 5.93. The molecule has 184 valence electrons. The van der Waals surface area contributed by atoms with Crippen LogP contribution in [0.4, 0.5) is 11.6 Å². The third kappa shape index (κ3) is 5.97. The number of amides is 3. The van der Waals surface area contributed by atoms with Gasteiger partial charge in [-0.05, 0) is 38.1 Å². The Kier molecular flexibility index (Phi) is 7.96. The highest BCUT2D eigenvalue weighted by molar-refractivity contribution is 8.15. The summed E-state index contributed by atoms with van der Waals surface area (Å²) in [6, 6.07) is 8.67. The molecule has 3 amide bonds. The summed E-state index contributed by atoms with van der Waals surface area (Å²) in [6.07, 6.45) is 3.44. The Labute approximate surface area is 208 Å². The molecule has 1 fully saturated rings. The van der Waals surface area contributed by atoms with E-state index in [4.69, 9.17) is 0 Å². The number of hydrogen-bond acceptors (Lipinski definition) is 8. The molecule has 4 rings (SSSR count). The molecule has 2 aliphatic rings. The molecule has 10 nitrogen and oxygen atoms in total. The van der Waals surface area contributed by atoms with Crippen LogP contribution < -0.4 is 10.2 Å². The standard InChI is InChI=1S/C24H29N7O3S/c1-3-29(4-2)24-28-21(33)19(35-24)16-20(32)27-18-8-5-7-17(15-18)22(34)30-11-13-31(14-12-30)23-25-9-6-10-26-23/h5-10,15,19H,3-4,11-14,16H2,1-2H3,(H,27,32)/t19-/m0/s1. The minimum Gasteiger partial charge on any atom is -0.352 e. The molecular weight excluding hydrogens is 466 g/mol. The minimum atomic E-state index is -0.527. The zero-order chi connectivity index (χ0) is 24.8. The molecule has 35 heavy (non-hydrogen) atoms. The predicted molar refractivity (Wildman–Crippen MR) is 137 cm³/mol. The number of benzene rings is 1. The van der Waals surface area contributed by atoms with Gasteiger partial charge in [-0.15, -0.1) is 0 Å². The van der Waals surface area contributed by atoms with E-state index in [-0.39, 0.29) is 24.1 Å². The number of amidine groups is 1. The van der Waals surface area contributed by atoms with Crippen LogP contribution in [-0.2, 0) is 9.59 Å². The molecule has 0 radical (unpaired) electrons. The Hall–Kier alpha value is -3.47. The van der Waals surface area contributed by atoms with Crippen LogP contribution in [0.1, 0.15) is 30.6 Å². The number of aliphatic imine (C=N–C) groups is 1. The fraction of sp³-hybridized carbons (Fsp3) is 0.417. The summed E-state index contributed by atoms with van der Waals surface area (Å²) in [7, 11) is 0. The normalized spacial score (nSPS) is 17.8. The number of thioether (sulfide) groups is 1. The van der Waals surface area contributed by atoms with Gasteiger partial charge in [-0.2, -0.15) is 4.99 Å². The van der Waals surface area contributed by atoms with Crippen LogP contribution in [-0.4, -0.2) is 87.2 Å². The van der Waals surface area contributed by atoms with Gasteiger partial charge in [-0.1, -0.05) is 17.8 Å². The predicted octanol–water partition coefficient (Wildman–Crippen LogP) is 2.11. The van der Waals surface area contributed by atoms with Crippen molar-refractivity contribution in [2.75, 3.05) is 49.5 Å². The van der Waals surface area contributed by atoms with Crippen molar-refractivity contribution in [2.24, 2.45) is 4.99 Å². The Bertz CT molecular complexity index is 1100. The van der Waals surface area contributed by atoms with Crippen molar-refractivity contribution in [3.05, 3.63) is 48.3 Å². The van der Waals surface area contributed by atoms with Gasteiger partial charge < -0.3 is 20.0 Å². The third-order valence-corrected chi connectivity index (χ3v) is 7.14. The van der Waals surface area contributed by atoms with E-state index in [0.29, 0.717) is 48.5 Å². The summed E-state index contributed by atoms with van der Waals surface area (Å²) in [5.41, 5.74) is 1.03. The molecule has 1 atom stereocenters. The van der Waals surface area contributed by atoms with Crippen molar-refractivity contribution >= 4 is 46.3 Å². The zero-order valence-electron chi connectivity index (χ0n) is 19.9. The first kappa shape index (κ1) is 24.6. The van der Waals surface area contributed by atoms with Crippen LogP contribution in [0.2, 0.25) is 0 Å². The molecule has 0 aliphatic carbocycles. The number of hydrogen-bond donors (Lipinski definition) is 1.